The molecule has 0 aliphatic rings. The Labute approximate surface area is 120 Å². The molecule has 0 aliphatic heterocycles. The van der Waals surface area contributed by atoms with Gasteiger partial charge in [0.15, 0.2) is 0 Å². The lowest BCUT2D eigenvalue weighted by Crippen LogP contribution is -2.00. The topological polar surface area (TPSA) is 18.5 Å². The van der Waals surface area contributed by atoms with Crippen molar-refractivity contribution >= 4 is 5.57 Å². The number of rotatable bonds is 6. The van der Waals surface area contributed by atoms with Crippen molar-refractivity contribution < 1.29 is 9.47 Å². The molecule has 0 atom stereocenters. The lowest BCUT2D eigenvalue weighted by Gasteiger charge is -2.10. The minimum absolute atomic E-state index is 0.484. The van der Waals surface area contributed by atoms with Crippen molar-refractivity contribution in [1.82, 2.24) is 0 Å². The molecular formula is C18H20O2. The summed E-state index contributed by atoms with van der Waals surface area (Å²) in [7, 11) is 1.66. The van der Waals surface area contributed by atoms with Gasteiger partial charge in [-0.1, -0.05) is 37.8 Å². The van der Waals surface area contributed by atoms with E-state index in [1.54, 1.807) is 7.11 Å². The zero-order chi connectivity index (χ0) is 14.4. The van der Waals surface area contributed by atoms with Crippen molar-refractivity contribution in [2.24, 2.45) is 0 Å². The van der Waals surface area contributed by atoms with Gasteiger partial charge < -0.3 is 9.47 Å². The Balaban J connectivity index is 1.93. The second kappa shape index (κ2) is 6.80. The average molecular weight is 268 g/mol. The fourth-order valence-corrected chi connectivity index (χ4v) is 1.90. The van der Waals surface area contributed by atoms with Gasteiger partial charge in [-0.15, -0.1) is 0 Å². The summed E-state index contributed by atoms with van der Waals surface area (Å²) in [5.74, 6) is 1.72. The molecule has 2 rings (SSSR count). The maximum Gasteiger partial charge on any atom is 0.119 e. The van der Waals surface area contributed by atoms with Crippen LogP contribution in [0.25, 0.3) is 5.57 Å². The van der Waals surface area contributed by atoms with Gasteiger partial charge in [0.25, 0.3) is 0 Å². The van der Waals surface area contributed by atoms with E-state index < -0.39 is 0 Å². The first-order valence-electron chi connectivity index (χ1n) is 6.77. The van der Waals surface area contributed by atoms with E-state index in [9.17, 15) is 0 Å². The third-order valence-electron chi connectivity index (χ3n) is 3.24. The van der Waals surface area contributed by atoms with Gasteiger partial charge in [0.1, 0.15) is 18.1 Å². The van der Waals surface area contributed by atoms with E-state index in [-0.39, 0.29) is 0 Å². The summed E-state index contributed by atoms with van der Waals surface area (Å²) in [4.78, 5) is 0. The lowest BCUT2D eigenvalue weighted by atomic mass is 10.1. The molecule has 20 heavy (non-hydrogen) atoms. The Morgan fingerprint density at radius 1 is 0.950 bits per heavy atom. The predicted molar refractivity (Wildman–Crippen MR) is 83.3 cm³/mol. The molecule has 2 heteroatoms. The van der Waals surface area contributed by atoms with E-state index >= 15 is 0 Å². The molecule has 2 nitrogen and oxygen atoms in total. The van der Waals surface area contributed by atoms with Gasteiger partial charge in [-0.05, 0) is 47.4 Å². The van der Waals surface area contributed by atoms with E-state index in [1.807, 2.05) is 36.4 Å². The first kappa shape index (κ1) is 14.2. The van der Waals surface area contributed by atoms with Crippen LogP contribution in [0.15, 0.2) is 55.1 Å². The Morgan fingerprint density at radius 2 is 1.55 bits per heavy atom. The number of hydrogen-bond donors (Lipinski definition) is 0. The monoisotopic (exact) mass is 268 g/mol. The van der Waals surface area contributed by atoms with Gasteiger partial charge in [-0.3, -0.25) is 0 Å². The van der Waals surface area contributed by atoms with Crippen LogP contribution in [-0.4, -0.2) is 13.7 Å². The summed E-state index contributed by atoms with van der Waals surface area (Å²) in [5.41, 5.74) is 3.33. The molecule has 0 radical (unpaired) electrons. The molecule has 0 saturated heterocycles. The van der Waals surface area contributed by atoms with E-state index in [0.29, 0.717) is 6.61 Å². The summed E-state index contributed by atoms with van der Waals surface area (Å²) in [6.07, 6.45) is 1.04. The molecule has 2 aromatic rings. The fourth-order valence-electron chi connectivity index (χ4n) is 1.90. The average Bonchev–Trinajstić information content (AvgIpc) is 2.53. The van der Waals surface area contributed by atoms with E-state index in [1.165, 1.54) is 5.56 Å². The number of aryl methyl sites for hydroxylation is 1. The van der Waals surface area contributed by atoms with Crippen LogP contribution in [-0.2, 0) is 6.42 Å². The first-order chi connectivity index (χ1) is 9.72. The van der Waals surface area contributed by atoms with Crippen LogP contribution in [0, 0.1) is 0 Å². The molecule has 0 heterocycles. The largest absolute Gasteiger partial charge is 0.497 e. The molecule has 2 aromatic carbocycles. The van der Waals surface area contributed by atoms with Crippen LogP contribution >= 0.6 is 0 Å². The third kappa shape index (κ3) is 3.64. The van der Waals surface area contributed by atoms with Gasteiger partial charge >= 0.3 is 0 Å². The highest BCUT2D eigenvalue weighted by molar-refractivity contribution is 5.64. The molecule has 0 spiro atoms. The first-order valence-corrected chi connectivity index (χ1v) is 6.77. The number of ether oxygens (including phenoxy) is 2. The van der Waals surface area contributed by atoms with Crippen molar-refractivity contribution in [3.05, 3.63) is 66.2 Å². The van der Waals surface area contributed by atoms with Gasteiger partial charge in [-0.25, -0.2) is 0 Å². The second-order valence-electron chi connectivity index (χ2n) is 4.62. The Morgan fingerprint density at radius 3 is 2.10 bits per heavy atom. The number of hydrogen-bond acceptors (Lipinski definition) is 2. The highest BCUT2D eigenvalue weighted by Crippen LogP contribution is 2.19. The molecule has 0 aliphatic carbocycles. The Hall–Kier alpha value is -2.22. The fraction of sp³-hybridized carbons (Fsp3) is 0.222. The normalized spacial score (nSPS) is 10.1. The lowest BCUT2D eigenvalue weighted by molar-refractivity contribution is 0.370. The number of methoxy groups -OCH3 is 1. The zero-order valence-corrected chi connectivity index (χ0v) is 12.1. The SMILES string of the molecule is C=C(COc1ccc(CC)cc1)c1ccc(OC)cc1. The van der Waals surface area contributed by atoms with Crippen molar-refractivity contribution in [3.8, 4) is 11.5 Å². The zero-order valence-electron chi connectivity index (χ0n) is 12.1. The van der Waals surface area contributed by atoms with Gasteiger partial charge in [0.05, 0.1) is 7.11 Å². The second-order valence-corrected chi connectivity index (χ2v) is 4.62. The van der Waals surface area contributed by atoms with Crippen LogP contribution in [0.2, 0.25) is 0 Å². The standard InChI is InChI=1S/C18H20O2/c1-4-15-5-9-18(10-6-15)20-13-14(2)16-7-11-17(19-3)12-8-16/h5-12H,2,4,13H2,1,3H3. The molecule has 0 N–H and O–H groups in total. The van der Waals surface area contributed by atoms with E-state index in [2.05, 4.69) is 25.6 Å². The Kier molecular flexibility index (Phi) is 4.83. The van der Waals surface area contributed by atoms with Crippen LogP contribution in [0.1, 0.15) is 18.1 Å². The molecular weight excluding hydrogens is 248 g/mol. The summed E-state index contributed by atoms with van der Waals surface area (Å²) in [6.45, 7) is 6.69. The minimum atomic E-state index is 0.484. The highest BCUT2D eigenvalue weighted by atomic mass is 16.5. The third-order valence-corrected chi connectivity index (χ3v) is 3.24. The van der Waals surface area contributed by atoms with Crippen molar-refractivity contribution in [1.29, 1.82) is 0 Å². The van der Waals surface area contributed by atoms with E-state index in [0.717, 1.165) is 29.1 Å². The van der Waals surface area contributed by atoms with E-state index in [4.69, 9.17) is 9.47 Å². The quantitative estimate of drug-likeness (QED) is 0.775. The van der Waals surface area contributed by atoms with Gasteiger partial charge in [-0.2, -0.15) is 0 Å². The molecule has 0 saturated carbocycles. The molecule has 0 aromatic heterocycles. The summed E-state index contributed by atoms with van der Waals surface area (Å²) < 4.78 is 10.9. The molecule has 104 valence electrons. The molecule has 0 unspecified atom stereocenters. The summed E-state index contributed by atoms with van der Waals surface area (Å²) in [5, 5.41) is 0. The minimum Gasteiger partial charge on any atom is -0.497 e. The molecule has 0 amide bonds. The maximum absolute atomic E-state index is 5.75. The molecule has 0 bridgehead atoms. The van der Waals surface area contributed by atoms with Crippen LogP contribution in [0.5, 0.6) is 11.5 Å². The Bertz CT molecular complexity index is 553. The summed E-state index contributed by atoms with van der Waals surface area (Å²) in [6, 6.07) is 16.0. The maximum atomic E-state index is 5.75. The smallest absolute Gasteiger partial charge is 0.119 e. The van der Waals surface area contributed by atoms with Crippen molar-refractivity contribution in [3.63, 3.8) is 0 Å². The predicted octanol–water partition coefficient (Wildman–Crippen LogP) is 4.35. The highest BCUT2D eigenvalue weighted by Gasteiger charge is 2.01. The summed E-state index contributed by atoms with van der Waals surface area (Å²) >= 11 is 0. The molecule has 0 fully saturated rings. The number of benzene rings is 2. The van der Waals surface area contributed by atoms with Gasteiger partial charge in [0.2, 0.25) is 0 Å². The van der Waals surface area contributed by atoms with Crippen molar-refractivity contribution in [2.45, 2.75) is 13.3 Å². The van der Waals surface area contributed by atoms with Gasteiger partial charge in [0, 0.05) is 0 Å². The van der Waals surface area contributed by atoms with Crippen molar-refractivity contribution in [2.75, 3.05) is 13.7 Å². The van der Waals surface area contributed by atoms with Crippen LogP contribution < -0.4 is 9.47 Å². The van der Waals surface area contributed by atoms with Crippen LogP contribution in [0.4, 0.5) is 0 Å². The van der Waals surface area contributed by atoms with Crippen LogP contribution in [0.3, 0.4) is 0 Å².